The van der Waals surface area contributed by atoms with Gasteiger partial charge in [0.25, 0.3) is 0 Å². The van der Waals surface area contributed by atoms with Gasteiger partial charge in [-0.15, -0.1) is 0 Å². The lowest BCUT2D eigenvalue weighted by Gasteiger charge is -2.46. The van der Waals surface area contributed by atoms with E-state index < -0.39 is 6.03 Å². The fourth-order valence-corrected chi connectivity index (χ4v) is 5.59. The smallest absolute Gasteiger partial charge is 0.327 e. The number of fused-ring (bicyclic) bond motifs is 1. The number of nitrogens with one attached hydrogen (secondary N) is 2. The van der Waals surface area contributed by atoms with Gasteiger partial charge >= 0.3 is 6.03 Å². The summed E-state index contributed by atoms with van der Waals surface area (Å²) in [6.07, 6.45) is 4.56. The Labute approximate surface area is 240 Å². The summed E-state index contributed by atoms with van der Waals surface area (Å²) in [7, 11) is 0. The van der Waals surface area contributed by atoms with Gasteiger partial charge < -0.3 is 20.3 Å². The molecule has 2 fully saturated rings. The molecule has 0 spiro atoms. The largest absolute Gasteiger partial charge is 0.494 e. The Morgan fingerprint density at radius 2 is 1.75 bits per heavy atom. The zero-order chi connectivity index (χ0) is 28.5. The molecule has 2 unspecified atom stereocenters. The number of rotatable bonds is 12. The molecule has 5 amide bonds. The number of hydrogen-bond donors (Lipinski definition) is 2. The van der Waals surface area contributed by atoms with Crippen molar-refractivity contribution >= 4 is 41.0 Å². The van der Waals surface area contributed by atoms with Gasteiger partial charge in [-0.05, 0) is 68.5 Å². The van der Waals surface area contributed by atoms with Crippen molar-refractivity contribution in [3.8, 4) is 5.75 Å². The Morgan fingerprint density at radius 1 is 1.00 bits per heavy atom. The summed E-state index contributed by atoms with van der Waals surface area (Å²) in [6, 6.07) is 13.7. The Bertz CT molecular complexity index is 1200. The van der Waals surface area contributed by atoms with Crippen LogP contribution in [-0.4, -0.2) is 59.3 Å². The van der Waals surface area contributed by atoms with Crippen LogP contribution in [0.2, 0.25) is 5.02 Å². The number of amides is 5. The first-order valence-corrected chi connectivity index (χ1v) is 14.4. The number of carbonyl (C=O) groups excluding carboxylic acids is 4. The van der Waals surface area contributed by atoms with Gasteiger partial charge in [0.15, 0.2) is 0 Å². The van der Waals surface area contributed by atoms with Crippen LogP contribution in [0.1, 0.15) is 57.4 Å². The predicted molar refractivity (Wildman–Crippen MR) is 153 cm³/mol. The summed E-state index contributed by atoms with van der Waals surface area (Å²) in [5.41, 5.74) is 1.45. The monoisotopic (exact) mass is 568 g/mol. The van der Waals surface area contributed by atoms with E-state index in [2.05, 4.69) is 10.6 Å². The van der Waals surface area contributed by atoms with Gasteiger partial charge in [-0.1, -0.05) is 42.6 Å². The number of halogens is 1. The molecule has 40 heavy (non-hydrogen) atoms. The molecule has 0 bridgehead atoms. The van der Waals surface area contributed by atoms with Crippen molar-refractivity contribution in [3.05, 3.63) is 59.1 Å². The van der Waals surface area contributed by atoms with Gasteiger partial charge in [-0.2, -0.15) is 0 Å². The third-order valence-electron chi connectivity index (χ3n) is 7.42. The van der Waals surface area contributed by atoms with E-state index in [0.29, 0.717) is 55.3 Å². The lowest BCUT2D eigenvalue weighted by molar-refractivity contribution is -0.141. The number of hydrogen-bond acceptors (Lipinski definition) is 5. The summed E-state index contributed by atoms with van der Waals surface area (Å²) < 4.78 is 5.44. The van der Waals surface area contributed by atoms with Gasteiger partial charge in [0.1, 0.15) is 12.3 Å². The molecule has 2 N–H and O–H groups in total. The highest BCUT2D eigenvalue weighted by molar-refractivity contribution is 6.31. The lowest BCUT2D eigenvalue weighted by atomic mass is 9.81. The number of imide groups is 1. The first-order chi connectivity index (χ1) is 19.4. The van der Waals surface area contributed by atoms with Crippen LogP contribution in [0.15, 0.2) is 48.5 Å². The number of carbonyl (C=O) groups is 4. The second-order valence-electron chi connectivity index (χ2n) is 10.2. The summed E-state index contributed by atoms with van der Waals surface area (Å²) in [4.78, 5) is 54.8. The number of anilines is 1. The molecule has 1 saturated heterocycles. The molecule has 2 atom stereocenters. The van der Waals surface area contributed by atoms with Crippen molar-refractivity contribution in [2.45, 2.75) is 64.5 Å². The lowest BCUT2D eigenvalue weighted by Crippen LogP contribution is -2.63. The second-order valence-corrected chi connectivity index (χ2v) is 10.6. The van der Waals surface area contributed by atoms with E-state index in [1.54, 1.807) is 35.2 Å². The SMILES string of the molecule is CCOc1ccc(NC(=O)CN2C(=O)N(CCCCC(=O)NCc3ccccc3Cl)C(=O)C3CCCCC32)cc1. The van der Waals surface area contributed by atoms with Gasteiger partial charge in [0.2, 0.25) is 17.7 Å². The summed E-state index contributed by atoms with van der Waals surface area (Å²) in [5, 5.41) is 6.31. The highest BCUT2D eigenvalue weighted by Gasteiger charge is 2.47. The van der Waals surface area contributed by atoms with Crippen molar-refractivity contribution in [3.63, 3.8) is 0 Å². The van der Waals surface area contributed by atoms with E-state index in [0.717, 1.165) is 18.4 Å². The van der Waals surface area contributed by atoms with Crippen molar-refractivity contribution in [2.75, 3.05) is 25.0 Å². The van der Waals surface area contributed by atoms with Crippen LogP contribution >= 0.6 is 11.6 Å². The van der Waals surface area contributed by atoms with Crippen molar-refractivity contribution in [1.82, 2.24) is 15.1 Å². The molecule has 9 nitrogen and oxygen atoms in total. The molecule has 4 rings (SSSR count). The number of benzene rings is 2. The predicted octanol–water partition coefficient (Wildman–Crippen LogP) is 4.99. The molecular formula is C30H37ClN4O5. The highest BCUT2D eigenvalue weighted by atomic mass is 35.5. The van der Waals surface area contributed by atoms with Crippen LogP contribution in [0.3, 0.4) is 0 Å². The number of nitrogens with zero attached hydrogens (tertiary/aromatic N) is 2. The fourth-order valence-electron chi connectivity index (χ4n) is 5.39. The summed E-state index contributed by atoms with van der Waals surface area (Å²) >= 11 is 6.14. The van der Waals surface area contributed by atoms with E-state index >= 15 is 0 Å². The second kappa shape index (κ2) is 14.2. The zero-order valence-electron chi connectivity index (χ0n) is 22.9. The van der Waals surface area contributed by atoms with E-state index in [9.17, 15) is 19.2 Å². The molecular weight excluding hydrogens is 532 g/mol. The first-order valence-electron chi connectivity index (χ1n) is 14.0. The van der Waals surface area contributed by atoms with Crippen LogP contribution in [0.4, 0.5) is 10.5 Å². The number of urea groups is 1. The topological polar surface area (TPSA) is 108 Å². The van der Waals surface area contributed by atoms with Gasteiger partial charge in [0.05, 0.1) is 12.5 Å². The zero-order valence-corrected chi connectivity index (χ0v) is 23.6. The van der Waals surface area contributed by atoms with E-state index in [1.807, 2.05) is 25.1 Å². The minimum Gasteiger partial charge on any atom is -0.494 e. The maximum Gasteiger partial charge on any atom is 0.327 e. The van der Waals surface area contributed by atoms with Crippen LogP contribution in [0, 0.1) is 5.92 Å². The first kappa shape index (κ1) is 29.4. The molecule has 1 saturated carbocycles. The Morgan fingerprint density at radius 3 is 2.50 bits per heavy atom. The highest BCUT2D eigenvalue weighted by Crippen LogP contribution is 2.34. The van der Waals surface area contributed by atoms with Gasteiger partial charge in [-0.25, -0.2) is 4.79 Å². The number of ether oxygens (including phenoxy) is 1. The van der Waals surface area contributed by atoms with Gasteiger partial charge in [-0.3, -0.25) is 19.3 Å². The van der Waals surface area contributed by atoms with Crippen molar-refractivity contribution in [2.24, 2.45) is 5.92 Å². The minimum absolute atomic E-state index is 0.115. The molecule has 1 aliphatic carbocycles. The average molecular weight is 569 g/mol. The molecule has 0 radical (unpaired) electrons. The summed E-state index contributed by atoms with van der Waals surface area (Å²) in [5.74, 6) is -0.184. The molecule has 2 aliphatic rings. The standard InChI is InChI=1S/C30H37ClN4O5/c1-2-40-23-16-14-22(15-17-23)33-28(37)20-35-26-12-6-4-10-24(26)29(38)34(30(35)39)18-8-7-13-27(36)32-19-21-9-3-5-11-25(21)31/h3,5,9,11,14-17,24,26H,2,4,6-8,10,12-13,18-20H2,1H3,(H,32,36)(H,33,37). The molecule has 2 aromatic carbocycles. The Balaban J connectivity index is 1.30. The quantitative estimate of drug-likeness (QED) is 0.351. The van der Waals surface area contributed by atoms with E-state index in [4.69, 9.17) is 16.3 Å². The maximum absolute atomic E-state index is 13.5. The molecule has 10 heteroatoms. The Hall–Kier alpha value is -3.59. The normalized spacial score (nSPS) is 18.8. The van der Waals surface area contributed by atoms with Crippen molar-refractivity contribution < 1.29 is 23.9 Å². The molecule has 214 valence electrons. The van der Waals surface area contributed by atoms with Crippen LogP contribution in [0.5, 0.6) is 5.75 Å². The molecule has 0 aromatic heterocycles. The van der Waals surface area contributed by atoms with Crippen LogP contribution in [-0.2, 0) is 20.9 Å². The number of unbranched alkanes of at least 4 members (excludes halogenated alkanes) is 1. The maximum atomic E-state index is 13.5. The third-order valence-corrected chi connectivity index (χ3v) is 7.79. The molecule has 1 heterocycles. The van der Waals surface area contributed by atoms with Crippen LogP contribution < -0.4 is 15.4 Å². The van der Waals surface area contributed by atoms with Crippen LogP contribution in [0.25, 0.3) is 0 Å². The minimum atomic E-state index is -0.432. The van der Waals surface area contributed by atoms with Crippen molar-refractivity contribution in [1.29, 1.82) is 0 Å². The third kappa shape index (κ3) is 7.53. The fraction of sp³-hybridized carbons (Fsp3) is 0.467. The van der Waals surface area contributed by atoms with E-state index in [-0.39, 0.29) is 49.2 Å². The van der Waals surface area contributed by atoms with Gasteiger partial charge in [0, 0.05) is 36.3 Å². The van der Waals surface area contributed by atoms with E-state index in [1.165, 1.54) is 4.90 Å². The molecule has 2 aromatic rings. The summed E-state index contributed by atoms with van der Waals surface area (Å²) in [6.45, 7) is 2.89. The average Bonchev–Trinajstić information content (AvgIpc) is 2.95. The Kier molecular flexibility index (Phi) is 10.4. The molecule has 1 aliphatic heterocycles.